The average Bonchev–Trinajstić information content (AvgIpc) is 2.97. The second kappa shape index (κ2) is 5.23. The smallest absolute Gasteiger partial charge is 0.331 e. The molecule has 1 amide bonds. The SMILES string of the molecule is Cn1nccc1C=CC(=O)NC1(C(=O)O)CCOC1. The van der Waals surface area contributed by atoms with Gasteiger partial charge in [0.25, 0.3) is 0 Å². The van der Waals surface area contributed by atoms with E-state index in [4.69, 9.17) is 4.74 Å². The number of ether oxygens (including phenoxy) is 1. The Hall–Kier alpha value is -2.15. The summed E-state index contributed by atoms with van der Waals surface area (Å²) in [6.07, 6.45) is 4.75. The third kappa shape index (κ3) is 2.82. The summed E-state index contributed by atoms with van der Waals surface area (Å²) >= 11 is 0. The van der Waals surface area contributed by atoms with Gasteiger partial charge in [0, 0.05) is 32.3 Å². The summed E-state index contributed by atoms with van der Waals surface area (Å²) in [6.45, 7) is 0.325. The summed E-state index contributed by atoms with van der Waals surface area (Å²) in [4.78, 5) is 23.0. The predicted octanol–water partition coefficient (Wildman–Crippen LogP) is -0.207. The molecule has 0 aliphatic carbocycles. The van der Waals surface area contributed by atoms with Gasteiger partial charge in [-0.2, -0.15) is 5.10 Å². The van der Waals surface area contributed by atoms with E-state index in [2.05, 4.69) is 10.4 Å². The fourth-order valence-corrected chi connectivity index (χ4v) is 1.87. The molecule has 1 aliphatic rings. The predicted molar refractivity (Wildman–Crippen MR) is 66.2 cm³/mol. The lowest BCUT2D eigenvalue weighted by molar-refractivity contribution is -0.147. The minimum Gasteiger partial charge on any atom is -0.479 e. The Balaban J connectivity index is 2.03. The van der Waals surface area contributed by atoms with Crippen molar-refractivity contribution in [2.45, 2.75) is 12.0 Å². The monoisotopic (exact) mass is 265 g/mol. The number of rotatable bonds is 4. The van der Waals surface area contributed by atoms with Crippen molar-refractivity contribution in [2.24, 2.45) is 7.05 Å². The summed E-state index contributed by atoms with van der Waals surface area (Å²) in [6, 6.07) is 1.75. The number of amides is 1. The second-order valence-corrected chi connectivity index (χ2v) is 4.39. The molecule has 0 aromatic carbocycles. The summed E-state index contributed by atoms with van der Waals surface area (Å²) in [5.41, 5.74) is -0.560. The van der Waals surface area contributed by atoms with E-state index >= 15 is 0 Å². The van der Waals surface area contributed by atoms with E-state index < -0.39 is 17.4 Å². The topological polar surface area (TPSA) is 93.5 Å². The third-order valence-electron chi connectivity index (χ3n) is 3.06. The van der Waals surface area contributed by atoms with Crippen molar-refractivity contribution in [1.29, 1.82) is 0 Å². The Bertz CT molecular complexity index is 515. The van der Waals surface area contributed by atoms with Crippen LogP contribution in [0.15, 0.2) is 18.3 Å². The van der Waals surface area contributed by atoms with E-state index in [0.717, 1.165) is 5.69 Å². The number of carboxylic acids is 1. The van der Waals surface area contributed by atoms with Crippen LogP contribution < -0.4 is 5.32 Å². The molecule has 0 saturated carbocycles. The van der Waals surface area contributed by atoms with Gasteiger partial charge in [-0.05, 0) is 12.1 Å². The molecule has 7 nitrogen and oxygen atoms in total. The number of nitrogens with zero attached hydrogens (tertiary/aromatic N) is 2. The van der Waals surface area contributed by atoms with Gasteiger partial charge in [0.05, 0.1) is 12.3 Å². The van der Waals surface area contributed by atoms with Crippen LogP contribution in [-0.4, -0.2) is 45.5 Å². The molecule has 1 fully saturated rings. The largest absolute Gasteiger partial charge is 0.479 e. The van der Waals surface area contributed by atoms with Gasteiger partial charge >= 0.3 is 5.97 Å². The maximum absolute atomic E-state index is 11.8. The van der Waals surface area contributed by atoms with Crippen molar-refractivity contribution in [2.75, 3.05) is 13.2 Å². The fourth-order valence-electron chi connectivity index (χ4n) is 1.87. The molecule has 2 rings (SSSR count). The van der Waals surface area contributed by atoms with Crippen molar-refractivity contribution in [3.63, 3.8) is 0 Å². The molecular weight excluding hydrogens is 250 g/mol. The summed E-state index contributed by atoms with van der Waals surface area (Å²) in [5, 5.41) is 15.6. The first-order valence-electron chi connectivity index (χ1n) is 5.83. The van der Waals surface area contributed by atoms with Crippen molar-refractivity contribution in [3.8, 4) is 0 Å². The Morgan fingerprint density at radius 1 is 1.63 bits per heavy atom. The first-order valence-corrected chi connectivity index (χ1v) is 5.83. The van der Waals surface area contributed by atoms with Crippen LogP contribution in [0.3, 0.4) is 0 Å². The van der Waals surface area contributed by atoms with Gasteiger partial charge in [-0.1, -0.05) is 0 Å². The highest BCUT2D eigenvalue weighted by Crippen LogP contribution is 2.18. The molecule has 2 N–H and O–H groups in total. The van der Waals surface area contributed by atoms with Gasteiger partial charge in [-0.3, -0.25) is 9.48 Å². The van der Waals surface area contributed by atoms with Gasteiger partial charge < -0.3 is 15.2 Å². The van der Waals surface area contributed by atoms with E-state index in [1.165, 1.54) is 6.08 Å². The maximum Gasteiger partial charge on any atom is 0.331 e. The molecule has 0 radical (unpaired) electrons. The molecule has 19 heavy (non-hydrogen) atoms. The van der Waals surface area contributed by atoms with E-state index in [-0.39, 0.29) is 13.0 Å². The number of nitrogens with one attached hydrogen (secondary N) is 1. The molecule has 1 atom stereocenters. The molecule has 7 heteroatoms. The zero-order valence-electron chi connectivity index (χ0n) is 10.5. The first kappa shape index (κ1) is 13.3. The number of aryl methyl sites for hydroxylation is 1. The van der Waals surface area contributed by atoms with Crippen LogP contribution in [0.1, 0.15) is 12.1 Å². The molecule has 0 bridgehead atoms. The highest BCUT2D eigenvalue weighted by atomic mass is 16.5. The van der Waals surface area contributed by atoms with E-state index in [1.807, 2.05) is 0 Å². The average molecular weight is 265 g/mol. The van der Waals surface area contributed by atoms with Gasteiger partial charge in [0.1, 0.15) is 0 Å². The Morgan fingerprint density at radius 2 is 2.42 bits per heavy atom. The minimum atomic E-state index is -1.31. The van der Waals surface area contributed by atoms with Crippen LogP contribution >= 0.6 is 0 Å². The van der Waals surface area contributed by atoms with Crippen LogP contribution in [0.4, 0.5) is 0 Å². The Kier molecular flexibility index (Phi) is 3.66. The van der Waals surface area contributed by atoms with Gasteiger partial charge in [0.2, 0.25) is 5.91 Å². The van der Waals surface area contributed by atoms with Crippen LogP contribution in [0, 0.1) is 0 Å². The van der Waals surface area contributed by atoms with Gasteiger partial charge in [-0.15, -0.1) is 0 Å². The number of carbonyl (C=O) groups is 2. The van der Waals surface area contributed by atoms with Crippen molar-refractivity contribution in [1.82, 2.24) is 15.1 Å². The van der Waals surface area contributed by atoms with Gasteiger partial charge in [-0.25, -0.2) is 4.79 Å². The highest BCUT2D eigenvalue weighted by Gasteiger charge is 2.43. The van der Waals surface area contributed by atoms with E-state index in [9.17, 15) is 14.7 Å². The molecule has 1 unspecified atom stereocenters. The number of carbonyl (C=O) groups excluding carboxylic acids is 1. The number of carboxylic acid groups (broad SMARTS) is 1. The number of aromatic nitrogens is 2. The Morgan fingerprint density at radius 3 is 2.95 bits per heavy atom. The molecule has 0 spiro atoms. The van der Waals surface area contributed by atoms with Crippen LogP contribution in [0.2, 0.25) is 0 Å². The zero-order valence-corrected chi connectivity index (χ0v) is 10.5. The number of hydrogen-bond acceptors (Lipinski definition) is 4. The molecule has 1 aliphatic heterocycles. The maximum atomic E-state index is 11.8. The third-order valence-corrected chi connectivity index (χ3v) is 3.06. The molecular formula is C12H15N3O4. The lowest BCUT2D eigenvalue weighted by Crippen LogP contribution is -2.54. The van der Waals surface area contributed by atoms with E-state index in [0.29, 0.717) is 6.61 Å². The number of hydrogen-bond donors (Lipinski definition) is 2. The van der Waals surface area contributed by atoms with Crippen LogP contribution in [0.5, 0.6) is 0 Å². The van der Waals surface area contributed by atoms with Crippen molar-refractivity contribution in [3.05, 3.63) is 24.0 Å². The second-order valence-electron chi connectivity index (χ2n) is 4.39. The molecule has 1 saturated heterocycles. The molecule has 1 aromatic heterocycles. The van der Waals surface area contributed by atoms with Crippen LogP contribution in [-0.2, 0) is 21.4 Å². The summed E-state index contributed by atoms with van der Waals surface area (Å²) < 4.78 is 6.66. The number of aliphatic carboxylic acids is 1. The molecule has 2 heterocycles. The lowest BCUT2D eigenvalue weighted by atomic mass is 9.99. The zero-order chi connectivity index (χ0) is 13.9. The Labute approximate surface area is 109 Å². The lowest BCUT2D eigenvalue weighted by Gasteiger charge is -2.22. The minimum absolute atomic E-state index is 0.00633. The molecule has 1 aromatic rings. The normalized spacial score (nSPS) is 22.8. The fraction of sp³-hybridized carbons (Fsp3) is 0.417. The van der Waals surface area contributed by atoms with Crippen molar-refractivity contribution >= 4 is 18.0 Å². The molecule has 102 valence electrons. The summed E-state index contributed by atoms with van der Waals surface area (Å²) in [5.74, 6) is -1.54. The standard InChI is InChI=1S/C12H15N3O4/c1-15-9(4-6-13-15)2-3-10(16)14-12(11(17)18)5-7-19-8-12/h2-4,6H,5,7-8H2,1H3,(H,14,16)(H,17,18). The van der Waals surface area contributed by atoms with Crippen LogP contribution in [0.25, 0.3) is 6.08 Å². The quantitative estimate of drug-likeness (QED) is 0.735. The van der Waals surface area contributed by atoms with Gasteiger partial charge in [0.15, 0.2) is 5.54 Å². The van der Waals surface area contributed by atoms with E-state index in [1.54, 1.807) is 30.1 Å². The highest BCUT2D eigenvalue weighted by molar-refractivity contribution is 5.95. The first-order chi connectivity index (χ1) is 9.03. The van der Waals surface area contributed by atoms with Crippen molar-refractivity contribution < 1.29 is 19.4 Å². The summed E-state index contributed by atoms with van der Waals surface area (Å²) in [7, 11) is 1.75.